The number of nitrogens with one attached hydrogen (secondary N) is 1. The molecule has 0 atom stereocenters. The van der Waals surface area contributed by atoms with E-state index in [0.717, 1.165) is 12.0 Å². The Morgan fingerprint density at radius 1 is 1.00 bits per heavy atom. The summed E-state index contributed by atoms with van der Waals surface area (Å²) in [4.78, 5) is 36.9. The maximum atomic E-state index is 13.7. The highest BCUT2D eigenvalue weighted by molar-refractivity contribution is 5.94. The van der Waals surface area contributed by atoms with Crippen molar-refractivity contribution in [3.8, 4) is 5.75 Å². The van der Waals surface area contributed by atoms with Gasteiger partial charge in [-0.1, -0.05) is 43.3 Å². The first-order valence-electron chi connectivity index (χ1n) is 10.9. The lowest BCUT2D eigenvalue weighted by atomic mass is 10.1. The molecule has 1 heterocycles. The summed E-state index contributed by atoms with van der Waals surface area (Å²) in [5, 5.41) is 3.08. The Bertz CT molecular complexity index is 1450. The molecule has 4 rings (SSSR count). The molecule has 0 saturated carbocycles. The highest BCUT2D eigenvalue weighted by atomic mass is 19.1. The van der Waals surface area contributed by atoms with Crippen molar-refractivity contribution in [2.24, 2.45) is 0 Å². The van der Waals surface area contributed by atoms with Crippen LogP contribution in [0.25, 0.3) is 11.0 Å². The number of aryl methyl sites for hydroxylation is 1. The van der Waals surface area contributed by atoms with Crippen LogP contribution in [0.2, 0.25) is 0 Å². The SMILES string of the molecule is CCc1ccc2c(COC(=O)c3ccccc3OCC(=O)Nc3ccccc3F)cc(=O)oc2c1. The number of fused-ring (bicyclic) bond motifs is 1. The van der Waals surface area contributed by atoms with Crippen LogP contribution < -0.4 is 15.7 Å². The van der Waals surface area contributed by atoms with Gasteiger partial charge in [-0.25, -0.2) is 14.0 Å². The van der Waals surface area contributed by atoms with Gasteiger partial charge < -0.3 is 19.2 Å². The monoisotopic (exact) mass is 475 g/mol. The fourth-order valence-electron chi connectivity index (χ4n) is 3.49. The number of benzene rings is 3. The van der Waals surface area contributed by atoms with Crippen molar-refractivity contribution in [2.75, 3.05) is 11.9 Å². The molecule has 8 heteroatoms. The second-order valence-electron chi connectivity index (χ2n) is 7.66. The van der Waals surface area contributed by atoms with Crippen LogP contribution in [-0.4, -0.2) is 18.5 Å². The average Bonchev–Trinajstić information content (AvgIpc) is 2.86. The molecular formula is C27H22FNO6. The van der Waals surface area contributed by atoms with Crippen molar-refractivity contribution in [3.63, 3.8) is 0 Å². The van der Waals surface area contributed by atoms with Crippen LogP contribution in [0.5, 0.6) is 5.75 Å². The van der Waals surface area contributed by atoms with E-state index in [1.807, 2.05) is 19.1 Å². The Hall–Kier alpha value is -4.46. The lowest BCUT2D eigenvalue weighted by Crippen LogP contribution is -2.21. The highest BCUT2D eigenvalue weighted by Gasteiger charge is 2.17. The third-order valence-electron chi connectivity index (χ3n) is 5.28. The Morgan fingerprint density at radius 3 is 2.57 bits per heavy atom. The van der Waals surface area contributed by atoms with Crippen molar-refractivity contribution >= 4 is 28.5 Å². The molecule has 0 aliphatic heterocycles. The van der Waals surface area contributed by atoms with Crippen LogP contribution in [0, 0.1) is 5.82 Å². The molecule has 0 aliphatic rings. The third-order valence-corrected chi connectivity index (χ3v) is 5.28. The first kappa shape index (κ1) is 23.7. The van der Waals surface area contributed by atoms with Gasteiger partial charge in [0.2, 0.25) is 0 Å². The minimum atomic E-state index is -0.693. The molecule has 178 valence electrons. The molecule has 4 aromatic rings. The summed E-state index contributed by atoms with van der Waals surface area (Å²) in [6.07, 6.45) is 0.786. The van der Waals surface area contributed by atoms with E-state index in [1.54, 1.807) is 24.3 Å². The van der Waals surface area contributed by atoms with Gasteiger partial charge in [0.1, 0.15) is 29.3 Å². The van der Waals surface area contributed by atoms with Crippen LogP contribution in [0.15, 0.2) is 82.0 Å². The van der Waals surface area contributed by atoms with Gasteiger partial charge in [-0.2, -0.15) is 0 Å². The van der Waals surface area contributed by atoms with Crippen LogP contribution in [-0.2, 0) is 22.6 Å². The Labute approximate surface area is 200 Å². The maximum absolute atomic E-state index is 13.7. The third kappa shape index (κ3) is 5.73. The normalized spacial score (nSPS) is 10.7. The predicted octanol–water partition coefficient (Wildman–Crippen LogP) is 4.87. The quantitative estimate of drug-likeness (QED) is 0.289. The van der Waals surface area contributed by atoms with Crippen LogP contribution >= 0.6 is 0 Å². The summed E-state index contributed by atoms with van der Waals surface area (Å²) >= 11 is 0. The zero-order valence-electron chi connectivity index (χ0n) is 18.9. The van der Waals surface area contributed by atoms with E-state index < -0.39 is 29.9 Å². The zero-order valence-corrected chi connectivity index (χ0v) is 18.9. The molecule has 0 aliphatic carbocycles. The number of carbonyl (C=O) groups is 2. The van der Waals surface area contributed by atoms with Crippen LogP contribution in [0.1, 0.15) is 28.4 Å². The molecule has 7 nitrogen and oxygen atoms in total. The van der Waals surface area contributed by atoms with Gasteiger partial charge in [-0.3, -0.25) is 4.79 Å². The number of carbonyl (C=O) groups excluding carboxylic acids is 2. The fourth-order valence-corrected chi connectivity index (χ4v) is 3.49. The molecule has 3 aromatic carbocycles. The molecular weight excluding hydrogens is 453 g/mol. The summed E-state index contributed by atoms with van der Waals surface area (Å²) in [5.41, 5.74) is 1.54. The molecule has 0 bridgehead atoms. The van der Waals surface area contributed by atoms with Crippen LogP contribution in [0.4, 0.5) is 10.1 Å². The summed E-state index contributed by atoms with van der Waals surface area (Å²) in [5.74, 6) is -1.72. The lowest BCUT2D eigenvalue weighted by molar-refractivity contribution is -0.118. The minimum Gasteiger partial charge on any atom is -0.483 e. The van der Waals surface area contributed by atoms with Crippen molar-refractivity contribution in [2.45, 2.75) is 20.0 Å². The summed E-state index contributed by atoms with van der Waals surface area (Å²) in [7, 11) is 0. The van der Waals surface area contributed by atoms with E-state index in [9.17, 15) is 18.8 Å². The predicted molar refractivity (Wildman–Crippen MR) is 128 cm³/mol. The smallest absolute Gasteiger partial charge is 0.342 e. The number of ether oxygens (including phenoxy) is 2. The molecule has 35 heavy (non-hydrogen) atoms. The number of hydrogen-bond acceptors (Lipinski definition) is 6. The van der Waals surface area contributed by atoms with Gasteiger partial charge in [0, 0.05) is 17.0 Å². The molecule has 0 radical (unpaired) electrons. The molecule has 0 fully saturated rings. The number of anilines is 1. The van der Waals surface area contributed by atoms with Crippen molar-refractivity contribution in [3.05, 3.63) is 106 Å². The summed E-state index contributed by atoms with van der Waals surface area (Å²) in [6.45, 7) is 1.39. The first-order valence-corrected chi connectivity index (χ1v) is 10.9. The number of hydrogen-bond donors (Lipinski definition) is 1. The van der Waals surface area contributed by atoms with Gasteiger partial charge in [0.15, 0.2) is 6.61 Å². The summed E-state index contributed by atoms with van der Waals surface area (Å²) < 4.78 is 30.0. The topological polar surface area (TPSA) is 94.8 Å². The average molecular weight is 475 g/mol. The van der Waals surface area contributed by atoms with Gasteiger partial charge in [0.25, 0.3) is 5.91 Å². The Kier molecular flexibility index (Phi) is 7.21. The zero-order chi connectivity index (χ0) is 24.8. The molecule has 1 amide bonds. The Morgan fingerprint density at radius 2 is 1.77 bits per heavy atom. The number of esters is 1. The van der Waals surface area contributed by atoms with E-state index in [0.29, 0.717) is 16.5 Å². The van der Waals surface area contributed by atoms with E-state index >= 15 is 0 Å². The fraction of sp³-hybridized carbons (Fsp3) is 0.148. The number of rotatable bonds is 8. The van der Waals surface area contributed by atoms with Crippen molar-refractivity contribution in [1.29, 1.82) is 0 Å². The van der Waals surface area contributed by atoms with Gasteiger partial charge in [-0.05, 0) is 42.3 Å². The van der Waals surface area contributed by atoms with Gasteiger partial charge >= 0.3 is 11.6 Å². The van der Waals surface area contributed by atoms with Crippen LogP contribution in [0.3, 0.4) is 0 Å². The number of halogens is 1. The maximum Gasteiger partial charge on any atom is 0.342 e. The van der Waals surface area contributed by atoms with E-state index in [4.69, 9.17) is 13.9 Å². The van der Waals surface area contributed by atoms with E-state index in [2.05, 4.69) is 5.32 Å². The van der Waals surface area contributed by atoms with E-state index in [1.165, 1.54) is 36.4 Å². The first-order chi connectivity index (χ1) is 16.9. The molecule has 0 saturated heterocycles. The van der Waals surface area contributed by atoms with Crippen molar-refractivity contribution in [1.82, 2.24) is 0 Å². The van der Waals surface area contributed by atoms with Gasteiger partial charge in [-0.15, -0.1) is 0 Å². The molecule has 1 aromatic heterocycles. The lowest BCUT2D eigenvalue weighted by Gasteiger charge is -2.12. The molecule has 0 unspecified atom stereocenters. The summed E-state index contributed by atoms with van der Waals surface area (Å²) in [6, 6.07) is 18.9. The molecule has 0 spiro atoms. The van der Waals surface area contributed by atoms with Gasteiger partial charge in [0.05, 0.1) is 5.69 Å². The Balaban J connectivity index is 1.44. The molecule has 1 N–H and O–H groups in total. The van der Waals surface area contributed by atoms with E-state index in [-0.39, 0.29) is 23.6 Å². The van der Waals surface area contributed by atoms with Crippen molar-refractivity contribution < 1.29 is 27.9 Å². The number of amides is 1. The highest BCUT2D eigenvalue weighted by Crippen LogP contribution is 2.23. The second-order valence-corrected chi connectivity index (χ2v) is 7.66. The number of para-hydroxylation sites is 2. The second kappa shape index (κ2) is 10.6. The largest absolute Gasteiger partial charge is 0.483 e. The minimum absolute atomic E-state index is 0.0272. The standard InChI is InChI=1S/C27H22FNO6/c1-2-17-11-12-19-18(14-26(31)35-24(19)13-17)15-34-27(32)20-7-3-6-10-23(20)33-16-25(30)29-22-9-5-4-8-21(22)28/h3-14H,2,15-16H2,1H3,(H,29,30).